The van der Waals surface area contributed by atoms with E-state index in [2.05, 4.69) is 62.3 Å². The third kappa shape index (κ3) is 3.85. The maximum atomic E-state index is 5.71. The summed E-state index contributed by atoms with van der Waals surface area (Å²) >= 11 is 8.83. The summed E-state index contributed by atoms with van der Waals surface area (Å²) in [5.41, 5.74) is 1.21. The SMILES string of the molecule is CCCOc1cccc(C(NC)c2cc(Br)c(Br)s2)c1. The average Bonchev–Trinajstić information content (AvgIpc) is 2.77. The zero-order valence-corrected chi connectivity index (χ0v) is 15.4. The molecule has 1 N–H and O–H groups in total. The molecule has 0 aliphatic carbocycles. The molecular formula is C15H17Br2NOS. The molecule has 1 aromatic carbocycles. The molecule has 0 saturated heterocycles. The lowest BCUT2D eigenvalue weighted by molar-refractivity contribution is 0.317. The van der Waals surface area contributed by atoms with Crippen LogP contribution in [-0.4, -0.2) is 13.7 Å². The molecule has 2 nitrogen and oxygen atoms in total. The molecule has 0 saturated carbocycles. The highest BCUT2D eigenvalue weighted by molar-refractivity contribution is 9.13. The van der Waals surface area contributed by atoms with Gasteiger partial charge in [0, 0.05) is 9.35 Å². The molecule has 5 heteroatoms. The van der Waals surface area contributed by atoms with Crippen molar-refractivity contribution in [1.82, 2.24) is 5.32 Å². The number of hydrogen-bond donors (Lipinski definition) is 1. The molecule has 0 amide bonds. The van der Waals surface area contributed by atoms with Crippen LogP contribution in [0.15, 0.2) is 38.6 Å². The molecule has 0 bridgehead atoms. The van der Waals surface area contributed by atoms with Crippen molar-refractivity contribution in [2.45, 2.75) is 19.4 Å². The molecule has 0 aliphatic heterocycles. The van der Waals surface area contributed by atoms with E-state index in [9.17, 15) is 0 Å². The molecule has 108 valence electrons. The second-order valence-electron chi connectivity index (χ2n) is 4.41. The molecule has 2 rings (SSSR count). The summed E-state index contributed by atoms with van der Waals surface area (Å²) in [6.45, 7) is 2.87. The third-order valence-corrected chi connectivity index (χ3v) is 6.22. The Kier molecular flexibility index (Phi) is 6.08. The van der Waals surface area contributed by atoms with Crippen LogP contribution >= 0.6 is 43.2 Å². The second kappa shape index (κ2) is 7.59. The van der Waals surface area contributed by atoms with Crippen LogP contribution < -0.4 is 10.1 Å². The van der Waals surface area contributed by atoms with Gasteiger partial charge in [-0.05, 0) is 69.1 Å². The van der Waals surface area contributed by atoms with E-state index in [-0.39, 0.29) is 6.04 Å². The first kappa shape index (κ1) is 16.0. The second-order valence-corrected chi connectivity index (χ2v) is 7.67. The molecule has 1 atom stereocenters. The molecule has 1 unspecified atom stereocenters. The number of rotatable bonds is 6. The standard InChI is InChI=1S/C15H17Br2NOS/c1-3-7-19-11-6-4-5-10(8-11)14(18-2)13-9-12(16)15(17)20-13/h4-6,8-9,14,18H,3,7H2,1-2H3. The lowest BCUT2D eigenvalue weighted by Crippen LogP contribution is -2.16. The topological polar surface area (TPSA) is 21.3 Å². The van der Waals surface area contributed by atoms with Crippen molar-refractivity contribution >= 4 is 43.2 Å². The fraction of sp³-hybridized carbons (Fsp3) is 0.333. The van der Waals surface area contributed by atoms with E-state index in [1.54, 1.807) is 11.3 Å². The number of nitrogens with one attached hydrogen (secondary N) is 1. The van der Waals surface area contributed by atoms with Crippen molar-refractivity contribution in [3.8, 4) is 5.75 Å². The minimum atomic E-state index is 0.174. The van der Waals surface area contributed by atoms with E-state index < -0.39 is 0 Å². The van der Waals surface area contributed by atoms with Gasteiger partial charge >= 0.3 is 0 Å². The average molecular weight is 419 g/mol. The summed E-state index contributed by atoms with van der Waals surface area (Å²) in [7, 11) is 1.98. The lowest BCUT2D eigenvalue weighted by Gasteiger charge is -2.16. The maximum Gasteiger partial charge on any atom is 0.119 e. The van der Waals surface area contributed by atoms with Gasteiger partial charge in [0.1, 0.15) is 5.75 Å². The summed E-state index contributed by atoms with van der Waals surface area (Å²) in [6.07, 6.45) is 1.02. The zero-order valence-electron chi connectivity index (χ0n) is 11.5. The van der Waals surface area contributed by atoms with Gasteiger partial charge in [0.2, 0.25) is 0 Å². The highest BCUT2D eigenvalue weighted by atomic mass is 79.9. The van der Waals surface area contributed by atoms with Crippen molar-refractivity contribution in [3.63, 3.8) is 0 Å². The Hall–Kier alpha value is -0.360. The molecule has 0 aliphatic rings. The summed E-state index contributed by atoms with van der Waals surface area (Å²) in [5, 5.41) is 3.37. The third-order valence-electron chi connectivity index (χ3n) is 2.90. The summed E-state index contributed by atoms with van der Waals surface area (Å²) in [6, 6.07) is 10.6. The van der Waals surface area contributed by atoms with E-state index in [1.165, 1.54) is 10.4 Å². The predicted molar refractivity (Wildman–Crippen MR) is 92.8 cm³/mol. The van der Waals surface area contributed by atoms with Gasteiger partial charge in [0.25, 0.3) is 0 Å². The fourth-order valence-corrected chi connectivity index (χ4v) is 4.21. The molecule has 20 heavy (non-hydrogen) atoms. The molecule has 2 aromatic rings. The highest BCUT2D eigenvalue weighted by Crippen LogP contribution is 2.37. The van der Waals surface area contributed by atoms with Crippen LogP contribution in [-0.2, 0) is 0 Å². The van der Waals surface area contributed by atoms with Gasteiger partial charge in [0.05, 0.1) is 16.4 Å². The maximum absolute atomic E-state index is 5.71. The quantitative estimate of drug-likeness (QED) is 0.680. The summed E-state index contributed by atoms with van der Waals surface area (Å²) in [5.74, 6) is 0.930. The smallest absolute Gasteiger partial charge is 0.119 e. The Morgan fingerprint density at radius 3 is 2.70 bits per heavy atom. The van der Waals surface area contributed by atoms with Gasteiger partial charge in [-0.25, -0.2) is 0 Å². The van der Waals surface area contributed by atoms with Gasteiger partial charge in [-0.15, -0.1) is 11.3 Å². The largest absolute Gasteiger partial charge is 0.494 e. The molecule has 1 heterocycles. The van der Waals surface area contributed by atoms with Crippen LogP contribution in [0.1, 0.15) is 29.8 Å². The van der Waals surface area contributed by atoms with E-state index >= 15 is 0 Å². The van der Waals surface area contributed by atoms with Crippen LogP contribution in [0.4, 0.5) is 0 Å². The lowest BCUT2D eigenvalue weighted by atomic mass is 10.1. The van der Waals surface area contributed by atoms with E-state index in [0.29, 0.717) is 0 Å². The predicted octanol–water partition coefficient (Wildman–Crippen LogP) is 5.37. The molecule has 0 radical (unpaired) electrons. The number of hydrogen-bond acceptors (Lipinski definition) is 3. The van der Waals surface area contributed by atoms with Crippen molar-refractivity contribution in [1.29, 1.82) is 0 Å². The van der Waals surface area contributed by atoms with E-state index in [4.69, 9.17) is 4.74 Å². The number of halogens is 2. The van der Waals surface area contributed by atoms with Gasteiger partial charge in [-0.2, -0.15) is 0 Å². The number of ether oxygens (including phenoxy) is 1. The highest BCUT2D eigenvalue weighted by Gasteiger charge is 2.16. The van der Waals surface area contributed by atoms with Gasteiger partial charge < -0.3 is 10.1 Å². The number of benzene rings is 1. The molecule has 1 aromatic heterocycles. The molecule has 0 fully saturated rings. The van der Waals surface area contributed by atoms with Crippen LogP contribution in [0.2, 0.25) is 0 Å². The van der Waals surface area contributed by atoms with E-state index in [0.717, 1.165) is 27.0 Å². The summed E-state index contributed by atoms with van der Waals surface area (Å²) < 4.78 is 7.92. The van der Waals surface area contributed by atoms with E-state index in [1.807, 2.05) is 19.2 Å². The first-order valence-electron chi connectivity index (χ1n) is 6.50. The Morgan fingerprint density at radius 2 is 2.10 bits per heavy atom. The van der Waals surface area contributed by atoms with Crippen LogP contribution in [0.25, 0.3) is 0 Å². The Balaban J connectivity index is 2.27. The van der Waals surface area contributed by atoms with Crippen LogP contribution in [0.3, 0.4) is 0 Å². The van der Waals surface area contributed by atoms with Gasteiger partial charge in [-0.3, -0.25) is 0 Å². The van der Waals surface area contributed by atoms with Crippen molar-refractivity contribution in [2.24, 2.45) is 0 Å². The van der Waals surface area contributed by atoms with Crippen LogP contribution in [0, 0.1) is 0 Å². The van der Waals surface area contributed by atoms with Crippen molar-refractivity contribution in [3.05, 3.63) is 49.0 Å². The Labute approximate surface area is 140 Å². The minimum Gasteiger partial charge on any atom is -0.494 e. The first-order valence-corrected chi connectivity index (χ1v) is 8.90. The first-order chi connectivity index (χ1) is 9.65. The monoisotopic (exact) mass is 417 g/mol. The zero-order chi connectivity index (χ0) is 14.5. The van der Waals surface area contributed by atoms with Crippen molar-refractivity contribution < 1.29 is 4.74 Å². The molecule has 0 spiro atoms. The summed E-state index contributed by atoms with van der Waals surface area (Å²) in [4.78, 5) is 1.26. The van der Waals surface area contributed by atoms with Crippen LogP contribution in [0.5, 0.6) is 5.75 Å². The Bertz CT molecular complexity index is 551. The van der Waals surface area contributed by atoms with Gasteiger partial charge in [-0.1, -0.05) is 19.1 Å². The van der Waals surface area contributed by atoms with Gasteiger partial charge in [0.15, 0.2) is 0 Å². The minimum absolute atomic E-state index is 0.174. The molecular weight excluding hydrogens is 402 g/mol. The Morgan fingerprint density at radius 1 is 1.30 bits per heavy atom. The normalized spacial score (nSPS) is 12.4. The fourth-order valence-electron chi connectivity index (χ4n) is 1.98. The number of thiophene rings is 1. The van der Waals surface area contributed by atoms with Crippen molar-refractivity contribution in [2.75, 3.05) is 13.7 Å².